The molecule has 0 aliphatic carbocycles. The van der Waals surface area contributed by atoms with Crippen LogP contribution in [-0.2, 0) is 9.59 Å². The van der Waals surface area contributed by atoms with Gasteiger partial charge >= 0.3 is 5.97 Å². The number of likely N-dealkylation sites (tertiary alicyclic amines) is 1. The molecule has 1 unspecified atom stereocenters. The molecule has 2 rings (SSSR count). The van der Waals surface area contributed by atoms with E-state index in [1.165, 1.54) is 0 Å². The average Bonchev–Trinajstić information content (AvgIpc) is 2.52. The van der Waals surface area contributed by atoms with E-state index in [9.17, 15) is 9.59 Å². The van der Waals surface area contributed by atoms with Crippen molar-refractivity contribution >= 4 is 11.9 Å². The molecule has 1 aliphatic heterocycles. The molecule has 0 radical (unpaired) electrons. The summed E-state index contributed by atoms with van der Waals surface area (Å²) in [5, 5.41) is 11.9. The van der Waals surface area contributed by atoms with Gasteiger partial charge in [-0.1, -0.05) is 18.2 Å². The smallest absolute Gasteiger partial charge is 0.307 e. The van der Waals surface area contributed by atoms with Gasteiger partial charge in [0.1, 0.15) is 5.75 Å². The van der Waals surface area contributed by atoms with Gasteiger partial charge in [0.05, 0.1) is 12.6 Å². The number of para-hydroxylation sites is 1. The van der Waals surface area contributed by atoms with Crippen LogP contribution in [0.4, 0.5) is 0 Å². The standard InChI is InChI=1S/C17H24N2O4/c1-12-5-3-6-13(2)16(12)23-10-15(20)18-11-19-8-4-7-14(9-19)17(21)22/h3,5-6,14H,4,7-11H2,1-2H3,(H,18,20)(H,21,22). The van der Waals surface area contributed by atoms with Crippen molar-refractivity contribution < 1.29 is 19.4 Å². The van der Waals surface area contributed by atoms with Crippen LogP contribution in [0.25, 0.3) is 0 Å². The summed E-state index contributed by atoms with van der Waals surface area (Å²) in [6.45, 7) is 5.50. The average molecular weight is 320 g/mol. The summed E-state index contributed by atoms with van der Waals surface area (Å²) in [7, 11) is 0. The highest BCUT2D eigenvalue weighted by Crippen LogP contribution is 2.22. The number of aryl methyl sites for hydroxylation is 2. The second-order valence-corrected chi connectivity index (χ2v) is 6.02. The van der Waals surface area contributed by atoms with E-state index in [1.54, 1.807) is 0 Å². The van der Waals surface area contributed by atoms with E-state index in [2.05, 4.69) is 5.32 Å². The van der Waals surface area contributed by atoms with E-state index in [0.717, 1.165) is 29.8 Å². The first kappa shape index (κ1) is 17.3. The van der Waals surface area contributed by atoms with Crippen LogP contribution in [-0.4, -0.2) is 48.2 Å². The summed E-state index contributed by atoms with van der Waals surface area (Å²) >= 11 is 0. The Balaban J connectivity index is 1.76. The van der Waals surface area contributed by atoms with E-state index >= 15 is 0 Å². The predicted octanol–water partition coefficient (Wildman–Crippen LogP) is 1.55. The van der Waals surface area contributed by atoms with E-state index in [-0.39, 0.29) is 18.4 Å². The van der Waals surface area contributed by atoms with E-state index in [0.29, 0.717) is 19.6 Å². The second-order valence-electron chi connectivity index (χ2n) is 6.02. The number of hydrogen-bond donors (Lipinski definition) is 2. The molecule has 0 spiro atoms. The van der Waals surface area contributed by atoms with Gasteiger partial charge in [0.2, 0.25) is 0 Å². The molecule has 1 atom stereocenters. The second kappa shape index (κ2) is 7.97. The number of carbonyl (C=O) groups excluding carboxylic acids is 1. The fourth-order valence-corrected chi connectivity index (χ4v) is 2.82. The Kier molecular flexibility index (Phi) is 5.98. The zero-order chi connectivity index (χ0) is 16.8. The van der Waals surface area contributed by atoms with Crippen LogP contribution in [0.3, 0.4) is 0 Å². The normalized spacial score (nSPS) is 18.4. The summed E-state index contributed by atoms with van der Waals surface area (Å²) < 4.78 is 5.60. The highest BCUT2D eigenvalue weighted by Gasteiger charge is 2.25. The predicted molar refractivity (Wildman–Crippen MR) is 86.4 cm³/mol. The monoisotopic (exact) mass is 320 g/mol. The number of nitrogens with one attached hydrogen (secondary N) is 1. The summed E-state index contributed by atoms with van der Waals surface area (Å²) in [6.07, 6.45) is 1.54. The molecule has 0 saturated carbocycles. The van der Waals surface area contributed by atoms with Crippen LogP contribution in [0.15, 0.2) is 18.2 Å². The molecule has 1 aromatic carbocycles. The minimum Gasteiger partial charge on any atom is -0.483 e. The number of aliphatic carboxylic acids is 1. The first-order valence-corrected chi connectivity index (χ1v) is 7.88. The number of hydrogen-bond acceptors (Lipinski definition) is 4. The molecule has 126 valence electrons. The van der Waals surface area contributed by atoms with E-state index < -0.39 is 5.97 Å². The zero-order valence-corrected chi connectivity index (χ0v) is 13.7. The minimum atomic E-state index is -0.764. The summed E-state index contributed by atoms with van der Waals surface area (Å²) in [4.78, 5) is 24.9. The lowest BCUT2D eigenvalue weighted by molar-refractivity contribution is -0.143. The highest BCUT2D eigenvalue weighted by atomic mass is 16.5. The van der Waals surface area contributed by atoms with Crippen molar-refractivity contribution in [1.82, 2.24) is 10.2 Å². The number of rotatable bonds is 6. The number of ether oxygens (including phenoxy) is 1. The van der Waals surface area contributed by atoms with Crippen molar-refractivity contribution in [3.05, 3.63) is 29.3 Å². The van der Waals surface area contributed by atoms with Crippen molar-refractivity contribution in [3.8, 4) is 5.75 Å². The molecule has 0 aromatic heterocycles. The SMILES string of the molecule is Cc1cccc(C)c1OCC(=O)NCN1CCCC(C(=O)O)C1. The number of piperidine rings is 1. The van der Waals surface area contributed by atoms with Crippen molar-refractivity contribution in [2.45, 2.75) is 26.7 Å². The van der Waals surface area contributed by atoms with Gasteiger partial charge in [-0.05, 0) is 44.4 Å². The Morgan fingerprint density at radius 3 is 2.70 bits per heavy atom. The van der Waals surface area contributed by atoms with Gasteiger partial charge in [-0.2, -0.15) is 0 Å². The third-order valence-electron chi connectivity index (χ3n) is 4.11. The van der Waals surface area contributed by atoms with Crippen LogP contribution in [0.2, 0.25) is 0 Å². The fourth-order valence-electron chi connectivity index (χ4n) is 2.82. The van der Waals surface area contributed by atoms with Crippen LogP contribution < -0.4 is 10.1 Å². The number of carbonyl (C=O) groups is 2. The van der Waals surface area contributed by atoms with E-state index in [1.807, 2.05) is 36.9 Å². The molecule has 1 fully saturated rings. The molecule has 2 N–H and O–H groups in total. The Hall–Kier alpha value is -2.08. The Morgan fingerprint density at radius 1 is 1.35 bits per heavy atom. The van der Waals surface area contributed by atoms with Gasteiger partial charge in [0.25, 0.3) is 5.91 Å². The van der Waals surface area contributed by atoms with Crippen LogP contribution in [0.5, 0.6) is 5.75 Å². The van der Waals surface area contributed by atoms with E-state index in [4.69, 9.17) is 9.84 Å². The lowest BCUT2D eigenvalue weighted by atomic mass is 9.99. The zero-order valence-electron chi connectivity index (χ0n) is 13.7. The molecule has 1 aliphatic rings. The van der Waals surface area contributed by atoms with Gasteiger partial charge in [-0.3, -0.25) is 14.5 Å². The molecule has 23 heavy (non-hydrogen) atoms. The maximum Gasteiger partial charge on any atom is 0.307 e. The summed E-state index contributed by atoms with van der Waals surface area (Å²) in [6, 6.07) is 5.84. The maximum atomic E-state index is 11.9. The van der Waals surface area contributed by atoms with Gasteiger partial charge in [-0.25, -0.2) is 0 Å². The number of carboxylic acids is 1. The van der Waals surface area contributed by atoms with Crippen molar-refractivity contribution in [1.29, 1.82) is 0 Å². The molecule has 1 amide bonds. The van der Waals surface area contributed by atoms with Crippen LogP contribution >= 0.6 is 0 Å². The third kappa shape index (κ3) is 4.96. The largest absolute Gasteiger partial charge is 0.483 e. The first-order chi connectivity index (χ1) is 11.0. The van der Waals surface area contributed by atoms with Crippen molar-refractivity contribution in [3.63, 3.8) is 0 Å². The van der Waals surface area contributed by atoms with Gasteiger partial charge in [-0.15, -0.1) is 0 Å². The van der Waals surface area contributed by atoms with Crippen molar-refractivity contribution in [2.24, 2.45) is 5.92 Å². The topological polar surface area (TPSA) is 78.9 Å². The minimum absolute atomic E-state index is 0.0398. The Labute approximate surface area is 136 Å². The van der Waals surface area contributed by atoms with Crippen LogP contribution in [0, 0.1) is 19.8 Å². The number of benzene rings is 1. The van der Waals surface area contributed by atoms with Crippen molar-refractivity contribution in [2.75, 3.05) is 26.4 Å². The van der Waals surface area contributed by atoms with Gasteiger partial charge < -0.3 is 15.2 Å². The van der Waals surface area contributed by atoms with Crippen LogP contribution in [0.1, 0.15) is 24.0 Å². The van der Waals surface area contributed by atoms with Gasteiger partial charge in [0, 0.05) is 6.54 Å². The number of carboxylic acid groups (broad SMARTS) is 1. The molecule has 6 nitrogen and oxygen atoms in total. The maximum absolute atomic E-state index is 11.9. The Bertz CT molecular complexity index is 553. The summed E-state index contributed by atoms with van der Waals surface area (Å²) in [5.74, 6) is -0.567. The molecule has 1 saturated heterocycles. The molecule has 0 bridgehead atoms. The quantitative estimate of drug-likeness (QED) is 0.831. The molecule has 1 aromatic rings. The molecular weight excluding hydrogens is 296 g/mol. The fraction of sp³-hybridized carbons (Fsp3) is 0.529. The summed E-state index contributed by atoms with van der Waals surface area (Å²) in [5.41, 5.74) is 2.00. The Morgan fingerprint density at radius 2 is 2.04 bits per heavy atom. The third-order valence-corrected chi connectivity index (χ3v) is 4.11. The number of nitrogens with zero attached hydrogens (tertiary/aromatic N) is 1. The lowest BCUT2D eigenvalue weighted by Gasteiger charge is -2.30. The highest BCUT2D eigenvalue weighted by molar-refractivity contribution is 5.77. The molecular formula is C17H24N2O4. The first-order valence-electron chi connectivity index (χ1n) is 7.88. The molecule has 1 heterocycles. The number of amides is 1. The lowest BCUT2D eigenvalue weighted by Crippen LogP contribution is -2.45. The molecule has 6 heteroatoms. The van der Waals surface area contributed by atoms with Gasteiger partial charge in [0.15, 0.2) is 6.61 Å².